The van der Waals surface area contributed by atoms with Crippen molar-refractivity contribution in [3.8, 4) is 11.5 Å². The molecule has 0 spiro atoms. The van der Waals surface area contributed by atoms with E-state index in [1.54, 1.807) is 14.2 Å². The second-order valence-electron chi connectivity index (χ2n) is 4.89. The van der Waals surface area contributed by atoms with Gasteiger partial charge in [0.05, 0.1) is 14.2 Å². The summed E-state index contributed by atoms with van der Waals surface area (Å²) < 4.78 is 15.9. The van der Waals surface area contributed by atoms with Crippen LogP contribution in [0.15, 0.2) is 18.2 Å². The molecule has 4 heteroatoms. The fraction of sp³-hybridized carbons (Fsp3) is 0.533. The van der Waals surface area contributed by atoms with E-state index in [9.17, 15) is 4.79 Å². The summed E-state index contributed by atoms with van der Waals surface area (Å²) in [4.78, 5) is 12.2. The van der Waals surface area contributed by atoms with Crippen molar-refractivity contribution >= 4 is 5.78 Å². The molecule has 104 valence electrons. The largest absolute Gasteiger partial charge is 0.493 e. The van der Waals surface area contributed by atoms with E-state index in [-0.39, 0.29) is 11.9 Å². The molecule has 19 heavy (non-hydrogen) atoms. The predicted octanol–water partition coefficient (Wildman–Crippen LogP) is 2.24. The summed E-state index contributed by atoms with van der Waals surface area (Å²) >= 11 is 0. The van der Waals surface area contributed by atoms with Gasteiger partial charge >= 0.3 is 0 Å². The number of carbonyl (C=O) groups excluding carboxylic acids is 1. The summed E-state index contributed by atoms with van der Waals surface area (Å²) in [6.45, 7) is 2.74. The molecule has 1 aromatic rings. The van der Waals surface area contributed by atoms with Crippen LogP contribution in [-0.4, -0.2) is 32.7 Å². The highest BCUT2D eigenvalue weighted by atomic mass is 16.5. The molecule has 2 atom stereocenters. The lowest BCUT2D eigenvalue weighted by molar-refractivity contribution is -0.128. The number of methoxy groups -OCH3 is 2. The normalized spacial score (nSPS) is 22.3. The van der Waals surface area contributed by atoms with Gasteiger partial charge in [0, 0.05) is 13.0 Å². The summed E-state index contributed by atoms with van der Waals surface area (Å²) in [5.41, 5.74) is 0.922. The molecule has 1 aromatic carbocycles. The van der Waals surface area contributed by atoms with Crippen molar-refractivity contribution in [3.05, 3.63) is 23.8 Å². The fourth-order valence-corrected chi connectivity index (χ4v) is 2.40. The molecule has 2 rings (SSSR count). The van der Waals surface area contributed by atoms with Crippen LogP contribution in [0, 0.1) is 5.92 Å². The zero-order chi connectivity index (χ0) is 13.8. The molecule has 4 nitrogen and oxygen atoms in total. The number of hydrogen-bond donors (Lipinski definition) is 0. The average Bonchev–Trinajstić information content (AvgIpc) is 2.85. The van der Waals surface area contributed by atoms with Gasteiger partial charge in [-0.05, 0) is 30.0 Å². The van der Waals surface area contributed by atoms with Crippen LogP contribution in [0.1, 0.15) is 18.9 Å². The Bertz CT molecular complexity index is 455. The van der Waals surface area contributed by atoms with Crippen LogP contribution in [0.25, 0.3) is 0 Å². The topological polar surface area (TPSA) is 44.8 Å². The second kappa shape index (κ2) is 6.06. The first kappa shape index (κ1) is 13.9. The van der Waals surface area contributed by atoms with Gasteiger partial charge in [0.25, 0.3) is 0 Å². The van der Waals surface area contributed by atoms with Crippen molar-refractivity contribution < 1.29 is 19.0 Å². The zero-order valence-corrected chi connectivity index (χ0v) is 11.6. The lowest BCUT2D eigenvalue weighted by Gasteiger charge is -2.14. The maximum atomic E-state index is 12.2. The van der Waals surface area contributed by atoms with Crippen LogP contribution in [-0.2, 0) is 16.0 Å². The van der Waals surface area contributed by atoms with E-state index in [4.69, 9.17) is 14.2 Å². The minimum atomic E-state index is -0.256. The number of ketones is 1. The fourth-order valence-electron chi connectivity index (χ4n) is 2.40. The number of carbonyl (C=O) groups is 1. The monoisotopic (exact) mass is 264 g/mol. The molecule has 0 radical (unpaired) electrons. The second-order valence-corrected chi connectivity index (χ2v) is 4.89. The summed E-state index contributed by atoms with van der Waals surface area (Å²) in [6, 6.07) is 5.55. The Hall–Kier alpha value is -1.55. The van der Waals surface area contributed by atoms with Gasteiger partial charge < -0.3 is 14.2 Å². The van der Waals surface area contributed by atoms with E-state index in [0.717, 1.165) is 12.0 Å². The lowest BCUT2D eigenvalue weighted by atomic mass is 9.96. The lowest BCUT2D eigenvalue weighted by Crippen LogP contribution is -2.26. The summed E-state index contributed by atoms with van der Waals surface area (Å²) in [5.74, 6) is 1.77. The molecule has 2 unspecified atom stereocenters. The Kier molecular flexibility index (Phi) is 4.43. The first-order chi connectivity index (χ1) is 9.15. The predicted molar refractivity (Wildman–Crippen MR) is 71.8 cm³/mol. The van der Waals surface area contributed by atoms with Crippen molar-refractivity contribution in [2.24, 2.45) is 5.92 Å². The quantitative estimate of drug-likeness (QED) is 0.818. The van der Waals surface area contributed by atoms with Crippen LogP contribution in [0.3, 0.4) is 0 Å². The van der Waals surface area contributed by atoms with E-state index in [1.807, 2.05) is 18.2 Å². The van der Waals surface area contributed by atoms with Gasteiger partial charge in [-0.25, -0.2) is 0 Å². The minimum absolute atomic E-state index is 0.136. The Morgan fingerprint density at radius 2 is 2.05 bits per heavy atom. The molecule has 0 N–H and O–H groups in total. The SMILES string of the molecule is COc1ccc(CC(=O)C2OCCC2C)cc1OC. The van der Waals surface area contributed by atoms with E-state index in [1.165, 1.54) is 0 Å². The average molecular weight is 264 g/mol. The highest BCUT2D eigenvalue weighted by molar-refractivity contribution is 5.85. The Labute approximate surface area is 113 Å². The van der Waals surface area contributed by atoms with Crippen molar-refractivity contribution in [1.29, 1.82) is 0 Å². The van der Waals surface area contributed by atoms with Crippen LogP contribution in [0.4, 0.5) is 0 Å². The maximum Gasteiger partial charge on any atom is 0.166 e. The third kappa shape index (κ3) is 3.07. The van der Waals surface area contributed by atoms with Crippen LogP contribution >= 0.6 is 0 Å². The molecule has 0 aliphatic carbocycles. The van der Waals surface area contributed by atoms with E-state index >= 15 is 0 Å². The first-order valence-corrected chi connectivity index (χ1v) is 6.51. The molecular formula is C15H20O4. The summed E-state index contributed by atoms with van der Waals surface area (Å²) in [5, 5.41) is 0. The van der Waals surface area contributed by atoms with Crippen molar-refractivity contribution in [1.82, 2.24) is 0 Å². The molecule has 1 aliphatic rings. The Morgan fingerprint density at radius 3 is 2.63 bits per heavy atom. The number of hydrogen-bond acceptors (Lipinski definition) is 4. The third-order valence-electron chi connectivity index (χ3n) is 3.53. The van der Waals surface area contributed by atoms with Gasteiger partial charge in [0.1, 0.15) is 6.10 Å². The van der Waals surface area contributed by atoms with Crippen molar-refractivity contribution in [2.45, 2.75) is 25.9 Å². The zero-order valence-electron chi connectivity index (χ0n) is 11.6. The molecule has 0 saturated carbocycles. The molecule has 0 bridgehead atoms. The minimum Gasteiger partial charge on any atom is -0.493 e. The first-order valence-electron chi connectivity index (χ1n) is 6.51. The van der Waals surface area contributed by atoms with Gasteiger partial charge in [-0.1, -0.05) is 13.0 Å². The van der Waals surface area contributed by atoms with Gasteiger partial charge in [-0.3, -0.25) is 4.79 Å². The highest BCUT2D eigenvalue weighted by Gasteiger charge is 2.30. The van der Waals surface area contributed by atoms with Crippen molar-refractivity contribution in [2.75, 3.05) is 20.8 Å². The Morgan fingerprint density at radius 1 is 1.32 bits per heavy atom. The van der Waals surface area contributed by atoms with Crippen LogP contribution in [0.2, 0.25) is 0 Å². The molecule has 0 amide bonds. The third-order valence-corrected chi connectivity index (χ3v) is 3.53. The number of rotatable bonds is 5. The van der Waals surface area contributed by atoms with Gasteiger partial charge in [0.15, 0.2) is 17.3 Å². The molecular weight excluding hydrogens is 244 g/mol. The summed E-state index contributed by atoms with van der Waals surface area (Å²) in [7, 11) is 3.18. The van der Waals surface area contributed by atoms with Gasteiger partial charge in [0.2, 0.25) is 0 Å². The number of Topliss-reactive ketones (excluding diaryl/α,β-unsaturated/α-hetero) is 1. The van der Waals surface area contributed by atoms with E-state index < -0.39 is 0 Å². The number of ether oxygens (including phenoxy) is 3. The molecule has 1 heterocycles. The smallest absolute Gasteiger partial charge is 0.166 e. The van der Waals surface area contributed by atoms with Crippen LogP contribution in [0.5, 0.6) is 11.5 Å². The molecule has 1 fully saturated rings. The molecule has 1 aliphatic heterocycles. The molecule has 0 aromatic heterocycles. The van der Waals surface area contributed by atoms with E-state index in [0.29, 0.717) is 30.4 Å². The van der Waals surface area contributed by atoms with Gasteiger partial charge in [-0.2, -0.15) is 0 Å². The maximum absolute atomic E-state index is 12.2. The van der Waals surface area contributed by atoms with Crippen molar-refractivity contribution in [3.63, 3.8) is 0 Å². The van der Waals surface area contributed by atoms with E-state index in [2.05, 4.69) is 6.92 Å². The highest BCUT2D eigenvalue weighted by Crippen LogP contribution is 2.28. The molecule has 1 saturated heterocycles. The van der Waals surface area contributed by atoms with Gasteiger partial charge in [-0.15, -0.1) is 0 Å². The summed E-state index contributed by atoms with van der Waals surface area (Å²) in [6.07, 6.45) is 1.07. The standard InChI is InChI=1S/C15H20O4/c1-10-6-7-19-15(10)12(16)8-11-4-5-13(17-2)14(9-11)18-3/h4-5,9-10,15H,6-8H2,1-3H3. The van der Waals surface area contributed by atoms with Crippen LogP contribution < -0.4 is 9.47 Å². The number of benzene rings is 1. The Balaban J connectivity index is 2.08.